The smallest absolute Gasteiger partial charge is 0.450 e. The molecule has 12 heavy (non-hydrogen) atoms. The molecule has 1 atom stereocenters. The lowest BCUT2D eigenvalue weighted by Gasteiger charge is -2.12. The van der Waals surface area contributed by atoms with E-state index in [-0.39, 0.29) is 6.10 Å². The number of carbonyl (C=O) groups is 1. The van der Waals surface area contributed by atoms with Crippen LogP contribution in [0.25, 0.3) is 0 Å². The average molecular weight is 175 g/mol. The van der Waals surface area contributed by atoms with Gasteiger partial charge in [-0.2, -0.15) is 0 Å². The minimum absolute atomic E-state index is 0.143. The largest absolute Gasteiger partial charge is 0.506 e. The maximum absolute atomic E-state index is 10.2. The van der Waals surface area contributed by atoms with Gasteiger partial charge in [0.15, 0.2) is 0 Å². The van der Waals surface area contributed by atoms with Gasteiger partial charge in [-0.1, -0.05) is 6.92 Å². The summed E-state index contributed by atoms with van der Waals surface area (Å²) >= 11 is 0. The number of hydrogen-bond acceptors (Lipinski definition) is 3. The molecule has 4 heteroatoms. The zero-order chi connectivity index (χ0) is 9.40. The van der Waals surface area contributed by atoms with E-state index < -0.39 is 6.16 Å². The Labute approximate surface area is 72.9 Å². The van der Waals surface area contributed by atoms with Crippen molar-refractivity contribution in [3.63, 3.8) is 0 Å². The summed E-state index contributed by atoms with van der Waals surface area (Å²) in [5, 5.41) is 11.3. The molecule has 0 bridgehead atoms. The first-order chi connectivity index (χ1) is 5.70. The molecular formula is C8H17NO3. The second kappa shape index (κ2) is 6.91. The van der Waals surface area contributed by atoms with Crippen LogP contribution >= 0.6 is 0 Å². The summed E-state index contributed by atoms with van der Waals surface area (Å²) < 4.78 is 4.63. The highest BCUT2D eigenvalue weighted by atomic mass is 16.7. The van der Waals surface area contributed by atoms with Crippen molar-refractivity contribution >= 4 is 6.16 Å². The molecule has 4 nitrogen and oxygen atoms in total. The van der Waals surface area contributed by atoms with Crippen LogP contribution in [-0.2, 0) is 4.74 Å². The van der Waals surface area contributed by atoms with Gasteiger partial charge >= 0.3 is 6.16 Å². The van der Waals surface area contributed by atoms with Gasteiger partial charge in [0.05, 0.1) is 0 Å². The third-order valence-electron chi connectivity index (χ3n) is 1.68. The Bertz CT molecular complexity index is 127. The van der Waals surface area contributed by atoms with Crippen molar-refractivity contribution in [3.8, 4) is 0 Å². The van der Waals surface area contributed by atoms with E-state index in [1.54, 1.807) is 0 Å². The molecule has 0 fully saturated rings. The summed E-state index contributed by atoms with van der Waals surface area (Å²) in [5.41, 5.74) is 0. The standard InChI is InChI=1S/C8H17NO3/c1-3-7(12-8(10)11)5-4-6-9-2/h7,9H,3-6H2,1-2H3,(H,10,11). The van der Waals surface area contributed by atoms with Crippen molar-refractivity contribution in [2.75, 3.05) is 13.6 Å². The molecule has 0 aromatic rings. The van der Waals surface area contributed by atoms with E-state index in [1.165, 1.54) is 0 Å². The Kier molecular flexibility index (Phi) is 6.47. The summed E-state index contributed by atoms with van der Waals surface area (Å²) in [7, 11) is 1.87. The molecule has 0 radical (unpaired) electrons. The lowest BCUT2D eigenvalue weighted by atomic mass is 10.1. The number of ether oxygens (including phenoxy) is 1. The topological polar surface area (TPSA) is 58.6 Å². The minimum Gasteiger partial charge on any atom is -0.450 e. The number of carboxylic acid groups (broad SMARTS) is 1. The number of hydrogen-bond donors (Lipinski definition) is 2. The molecule has 2 N–H and O–H groups in total. The van der Waals surface area contributed by atoms with Gasteiger partial charge in [-0.25, -0.2) is 4.79 Å². The van der Waals surface area contributed by atoms with Gasteiger partial charge in [0.1, 0.15) is 6.10 Å². The zero-order valence-corrected chi connectivity index (χ0v) is 7.67. The molecule has 1 unspecified atom stereocenters. The van der Waals surface area contributed by atoms with Gasteiger partial charge in [0, 0.05) is 0 Å². The van der Waals surface area contributed by atoms with E-state index in [2.05, 4.69) is 10.1 Å². The molecule has 0 aromatic carbocycles. The Morgan fingerprint density at radius 2 is 2.33 bits per heavy atom. The molecule has 0 amide bonds. The van der Waals surface area contributed by atoms with Crippen LogP contribution < -0.4 is 5.32 Å². The fourth-order valence-corrected chi connectivity index (χ4v) is 0.995. The predicted molar refractivity (Wildman–Crippen MR) is 46.3 cm³/mol. The summed E-state index contributed by atoms with van der Waals surface area (Å²) in [6.07, 6.45) is 1.17. The van der Waals surface area contributed by atoms with E-state index in [4.69, 9.17) is 5.11 Å². The quantitative estimate of drug-likeness (QED) is 0.474. The lowest BCUT2D eigenvalue weighted by molar-refractivity contribution is 0.0458. The Morgan fingerprint density at radius 1 is 1.67 bits per heavy atom. The maximum atomic E-state index is 10.2. The average Bonchev–Trinajstić information content (AvgIpc) is 2.02. The minimum atomic E-state index is -1.17. The van der Waals surface area contributed by atoms with Gasteiger partial charge in [-0.05, 0) is 32.9 Å². The van der Waals surface area contributed by atoms with Crippen LogP contribution in [0.4, 0.5) is 4.79 Å². The van der Waals surface area contributed by atoms with Crippen molar-refractivity contribution in [1.29, 1.82) is 0 Å². The summed E-state index contributed by atoms with van der Waals surface area (Å²) in [5.74, 6) is 0. The van der Waals surface area contributed by atoms with Crippen molar-refractivity contribution < 1.29 is 14.6 Å². The lowest BCUT2D eigenvalue weighted by Crippen LogP contribution is -2.18. The van der Waals surface area contributed by atoms with Crippen molar-refractivity contribution in [3.05, 3.63) is 0 Å². The first kappa shape index (κ1) is 11.2. The van der Waals surface area contributed by atoms with Crippen LogP contribution in [0.15, 0.2) is 0 Å². The SMILES string of the molecule is CCC(CCCNC)OC(=O)O. The van der Waals surface area contributed by atoms with Crippen LogP contribution in [0.1, 0.15) is 26.2 Å². The summed E-state index contributed by atoms with van der Waals surface area (Å²) in [6.45, 7) is 2.83. The third kappa shape index (κ3) is 5.97. The highest BCUT2D eigenvalue weighted by molar-refractivity contribution is 5.57. The molecule has 72 valence electrons. The fourth-order valence-electron chi connectivity index (χ4n) is 0.995. The van der Waals surface area contributed by atoms with Gasteiger partial charge in [-0.15, -0.1) is 0 Å². The Morgan fingerprint density at radius 3 is 2.75 bits per heavy atom. The van der Waals surface area contributed by atoms with Crippen LogP contribution in [0.2, 0.25) is 0 Å². The molecule has 0 spiro atoms. The molecule has 0 rings (SSSR count). The molecule has 0 aliphatic heterocycles. The molecular weight excluding hydrogens is 158 g/mol. The highest BCUT2D eigenvalue weighted by Gasteiger charge is 2.09. The second-order valence-electron chi connectivity index (χ2n) is 2.66. The number of rotatable bonds is 6. The van der Waals surface area contributed by atoms with Crippen LogP contribution in [-0.4, -0.2) is 31.0 Å². The van der Waals surface area contributed by atoms with Crippen LogP contribution in [0, 0.1) is 0 Å². The van der Waals surface area contributed by atoms with Crippen molar-refractivity contribution in [1.82, 2.24) is 5.32 Å². The van der Waals surface area contributed by atoms with E-state index in [9.17, 15) is 4.79 Å². The number of nitrogens with one attached hydrogen (secondary N) is 1. The molecule has 0 aliphatic rings. The van der Waals surface area contributed by atoms with E-state index in [0.717, 1.165) is 25.8 Å². The molecule has 0 aliphatic carbocycles. The van der Waals surface area contributed by atoms with Gasteiger partial charge in [0.25, 0.3) is 0 Å². The van der Waals surface area contributed by atoms with Crippen molar-refractivity contribution in [2.45, 2.75) is 32.3 Å². The molecule has 0 saturated heterocycles. The van der Waals surface area contributed by atoms with Gasteiger partial charge < -0.3 is 15.2 Å². The first-order valence-corrected chi connectivity index (χ1v) is 4.24. The predicted octanol–water partition coefficient (Wildman–Crippen LogP) is 1.46. The normalized spacial score (nSPS) is 12.5. The Balaban J connectivity index is 3.46. The zero-order valence-electron chi connectivity index (χ0n) is 7.67. The second-order valence-corrected chi connectivity index (χ2v) is 2.66. The van der Waals surface area contributed by atoms with Crippen LogP contribution in [0.5, 0.6) is 0 Å². The maximum Gasteiger partial charge on any atom is 0.506 e. The molecule has 0 saturated carbocycles. The summed E-state index contributed by atoms with van der Waals surface area (Å²) in [4.78, 5) is 10.2. The van der Waals surface area contributed by atoms with Gasteiger partial charge in [-0.3, -0.25) is 0 Å². The van der Waals surface area contributed by atoms with Crippen molar-refractivity contribution in [2.24, 2.45) is 0 Å². The highest BCUT2D eigenvalue weighted by Crippen LogP contribution is 2.05. The first-order valence-electron chi connectivity index (χ1n) is 4.24. The molecule has 0 heterocycles. The third-order valence-corrected chi connectivity index (χ3v) is 1.68. The van der Waals surface area contributed by atoms with Gasteiger partial charge in [0.2, 0.25) is 0 Å². The molecule has 0 aromatic heterocycles. The monoisotopic (exact) mass is 175 g/mol. The van der Waals surface area contributed by atoms with E-state index in [0.29, 0.717) is 0 Å². The van der Waals surface area contributed by atoms with E-state index in [1.807, 2.05) is 14.0 Å². The Hall–Kier alpha value is -0.770. The van der Waals surface area contributed by atoms with E-state index >= 15 is 0 Å². The fraction of sp³-hybridized carbons (Fsp3) is 0.875. The van der Waals surface area contributed by atoms with Crippen LogP contribution in [0.3, 0.4) is 0 Å². The summed E-state index contributed by atoms with van der Waals surface area (Å²) in [6, 6.07) is 0.